The summed E-state index contributed by atoms with van der Waals surface area (Å²) in [7, 11) is 0. The molecule has 4 nitrogen and oxygen atoms in total. The van der Waals surface area contributed by atoms with Crippen molar-refractivity contribution in [2.24, 2.45) is 0 Å². The van der Waals surface area contributed by atoms with E-state index in [1.807, 2.05) is 6.07 Å². The fourth-order valence-electron chi connectivity index (χ4n) is 2.43. The Morgan fingerprint density at radius 1 is 1.13 bits per heavy atom. The third-order valence-electron chi connectivity index (χ3n) is 3.50. The largest absolute Gasteiger partial charge is 0.372 e. The molecule has 7 heteroatoms. The SMILES string of the molecule is O=C1CC(Nc2ccc(Cl)cc2Cl)C(=O)N1c1ccccc1Br. The number of carbonyl (C=O) groups excluding carboxylic acids is 2. The van der Waals surface area contributed by atoms with E-state index in [-0.39, 0.29) is 18.2 Å². The number of para-hydroxylation sites is 1. The van der Waals surface area contributed by atoms with Gasteiger partial charge >= 0.3 is 0 Å². The van der Waals surface area contributed by atoms with Crippen LogP contribution in [-0.4, -0.2) is 17.9 Å². The normalized spacial score (nSPS) is 17.7. The van der Waals surface area contributed by atoms with Gasteiger partial charge in [0.25, 0.3) is 5.91 Å². The fraction of sp³-hybridized carbons (Fsp3) is 0.125. The molecule has 0 saturated carbocycles. The van der Waals surface area contributed by atoms with Crippen molar-refractivity contribution >= 4 is 62.3 Å². The minimum Gasteiger partial charge on any atom is -0.372 e. The van der Waals surface area contributed by atoms with E-state index < -0.39 is 6.04 Å². The molecule has 0 aliphatic carbocycles. The van der Waals surface area contributed by atoms with Crippen molar-refractivity contribution in [1.82, 2.24) is 0 Å². The number of rotatable bonds is 3. The molecule has 2 amide bonds. The lowest BCUT2D eigenvalue weighted by molar-refractivity contribution is -0.121. The maximum atomic E-state index is 12.6. The molecule has 1 aliphatic rings. The Hall–Kier alpha value is -1.56. The highest BCUT2D eigenvalue weighted by Gasteiger charge is 2.40. The zero-order valence-electron chi connectivity index (χ0n) is 11.7. The van der Waals surface area contributed by atoms with Gasteiger partial charge in [0.15, 0.2) is 0 Å². The lowest BCUT2D eigenvalue weighted by atomic mass is 10.2. The summed E-state index contributed by atoms with van der Waals surface area (Å²) in [5.41, 5.74) is 1.10. The number of benzene rings is 2. The Morgan fingerprint density at radius 3 is 2.57 bits per heavy atom. The second-order valence-corrected chi connectivity index (χ2v) is 6.74. The van der Waals surface area contributed by atoms with Crippen molar-refractivity contribution in [2.45, 2.75) is 12.5 Å². The molecule has 1 unspecified atom stereocenters. The van der Waals surface area contributed by atoms with E-state index in [0.29, 0.717) is 25.9 Å². The minimum absolute atomic E-state index is 0.0686. The highest BCUT2D eigenvalue weighted by Crippen LogP contribution is 2.32. The van der Waals surface area contributed by atoms with Crippen LogP contribution in [0.4, 0.5) is 11.4 Å². The smallest absolute Gasteiger partial charge is 0.256 e. The molecule has 118 valence electrons. The lowest BCUT2D eigenvalue weighted by Gasteiger charge is -2.17. The number of imide groups is 1. The number of hydrogen-bond donors (Lipinski definition) is 1. The van der Waals surface area contributed by atoms with Crippen LogP contribution in [0.1, 0.15) is 6.42 Å². The van der Waals surface area contributed by atoms with Crippen LogP contribution in [0.25, 0.3) is 0 Å². The summed E-state index contributed by atoms with van der Waals surface area (Å²) in [4.78, 5) is 26.1. The van der Waals surface area contributed by atoms with Gasteiger partial charge in [0.1, 0.15) is 6.04 Å². The van der Waals surface area contributed by atoms with E-state index in [9.17, 15) is 9.59 Å². The van der Waals surface area contributed by atoms with Gasteiger partial charge in [-0.25, -0.2) is 4.90 Å². The quantitative estimate of drug-likeness (QED) is 0.753. The standard InChI is InChI=1S/C16H11BrCl2N2O2/c17-10-3-1-2-4-14(10)21-15(22)8-13(16(21)23)20-12-6-5-9(18)7-11(12)19/h1-7,13,20H,8H2. The van der Waals surface area contributed by atoms with Crippen LogP contribution < -0.4 is 10.2 Å². The van der Waals surface area contributed by atoms with Crippen LogP contribution in [0.3, 0.4) is 0 Å². The highest BCUT2D eigenvalue weighted by molar-refractivity contribution is 9.10. The summed E-state index contributed by atoms with van der Waals surface area (Å²) < 4.78 is 0.687. The van der Waals surface area contributed by atoms with Gasteiger partial charge in [0.05, 0.1) is 22.8 Å². The lowest BCUT2D eigenvalue weighted by Crippen LogP contribution is -2.35. The molecule has 1 atom stereocenters. The van der Waals surface area contributed by atoms with Crippen LogP contribution in [0.5, 0.6) is 0 Å². The first kappa shape index (κ1) is 16.3. The highest BCUT2D eigenvalue weighted by atomic mass is 79.9. The van der Waals surface area contributed by atoms with Gasteiger partial charge in [-0.15, -0.1) is 0 Å². The zero-order valence-corrected chi connectivity index (χ0v) is 14.8. The molecule has 1 saturated heterocycles. The van der Waals surface area contributed by atoms with Gasteiger partial charge in [0, 0.05) is 9.50 Å². The van der Waals surface area contributed by atoms with Crippen molar-refractivity contribution < 1.29 is 9.59 Å². The topological polar surface area (TPSA) is 49.4 Å². The van der Waals surface area contributed by atoms with Gasteiger partial charge in [-0.2, -0.15) is 0 Å². The fourth-order valence-corrected chi connectivity index (χ4v) is 3.35. The molecule has 1 N–H and O–H groups in total. The number of hydrogen-bond acceptors (Lipinski definition) is 3. The number of amides is 2. The van der Waals surface area contributed by atoms with Crippen LogP contribution >= 0.6 is 39.1 Å². The molecule has 1 fully saturated rings. The Labute approximate surface area is 151 Å². The third kappa shape index (κ3) is 3.22. The average molecular weight is 414 g/mol. The van der Waals surface area contributed by atoms with Gasteiger partial charge < -0.3 is 5.32 Å². The molecule has 0 aromatic heterocycles. The second kappa shape index (κ2) is 6.51. The predicted octanol–water partition coefficient (Wildman–Crippen LogP) is 4.50. The Bertz CT molecular complexity index is 797. The molecule has 3 rings (SSSR count). The number of nitrogens with one attached hydrogen (secondary N) is 1. The second-order valence-electron chi connectivity index (χ2n) is 5.04. The van der Waals surface area contributed by atoms with Gasteiger partial charge in [0.2, 0.25) is 5.91 Å². The molecule has 23 heavy (non-hydrogen) atoms. The number of nitrogens with zero attached hydrogens (tertiary/aromatic N) is 1. The number of halogens is 3. The first-order valence-corrected chi connectivity index (χ1v) is 8.35. The van der Waals surface area contributed by atoms with E-state index in [4.69, 9.17) is 23.2 Å². The van der Waals surface area contributed by atoms with Crippen molar-refractivity contribution in [3.8, 4) is 0 Å². The summed E-state index contributed by atoms with van der Waals surface area (Å²) in [5.74, 6) is -0.572. The van der Waals surface area contributed by atoms with Crippen LogP contribution in [0, 0.1) is 0 Å². The van der Waals surface area contributed by atoms with E-state index in [2.05, 4.69) is 21.2 Å². The van der Waals surface area contributed by atoms with Gasteiger partial charge in [-0.1, -0.05) is 35.3 Å². The molecule has 2 aromatic rings. The predicted molar refractivity (Wildman–Crippen MR) is 95.1 cm³/mol. The molecular weight excluding hydrogens is 403 g/mol. The summed E-state index contributed by atoms with van der Waals surface area (Å²) in [6, 6.07) is 11.4. The molecule has 0 spiro atoms. The number of anilines is 2. The van der Waals surface area contributed by atoms with Crippen molar-refractivity contribution in [3.63, 3.8) is 0 Å². The van der Waals surface area contributed by atoms with Crippen molar-refractivity contribution in [1.29, 1.82) is 0 Å². The molecule has 1 heterocycles. The Balaban J connectivity index is 1.85. The van der Waals surface area contributed by atoms with Crippen molar-refractivity contribution in [2.75, 3.05) is 10.2 Å². The third-order valence-corrected chi connectivity index (χ3v) is 4.72. The zero-order chi connectivity index (χ0) is 16.6. The summed E-state index contributed by atoms with van der Waals surface area (Å²) in [5, 5.41) is 3.92. The maximum absolute atomic E-state index is 12.6. The van der Waals surface area contributed by atoms with Crippen LogP contribution in [0.15, 0.2) is 46.9 Å². The van der Waals surface area contributed by atoms with Crippen LogP contribution in [0.2, 0.25) is 10.0 Å². The van der Waals surface area contributed by atoms with Crippen molar-refractivity contribution in [3.05, 3.63) is 57.0 Å². The van der Waals surface area contributed by atoms with E-state index in [1.54, 1.807) is 36.4 Å². The summed E-state index contributed by atoms with van der Waals surface area (Å²) in [6.45, 7) is 0. The first-order valence-electron chi connectivity index (χ1n) is 6.80. The summed E-state index contributed by atoms with van der Waals surface area (Å²) >= 11 is 15.3. The minimum atomic E-state index is -0.659. The van der Waals surface area contributed by atoms with Gasteiger partial charge in [-0.05, 0) is 46.3 Å². The molecule has 2 aromatic carbocycles. The molecule has 0 radical (unpaired) electrons. The average Bonchev–Trinajstić information content (AvgIpc) is 2.77. The van der Waals surface area contributed by atoms with Gasteiger partial charge in [-0.3, -0.25) is 9.59 Å². The first-order chi connectivity index (χ1) is 11.0. The van der Waals surface area contributed by atoms with E-state index in [1.165, 1.54) is 4.90 Å². The summed E-state index contributed by atoms with van der Waals surface area (Å²) in [6.07, 6.45) is 0.0686. The molecular formula is C16H11BrCl2N2O2. The van der Waals surface area contributed by atoms with Crippen LogP contribution in [-0.2, 0) is 9.59 Å². The van der Waals surface area contributed by atoms with E-state index in [0.717, 1.165) is 0 Å². The maximum Gasteiger partial charge on any atom is 0.256 e. The molecule has 0 bridgehead atoms. The Morgan fingerprint density at radius 2 is 1.87 bits per heavy atom. The molecule has 1 aliphatic heterocycles. The Kier molecular flexibility index (Phi) is 4.62. The monoisotopic (exact) mass is 412 g/mol. The number of carbonyl (C=O) groups is 2. The van der Waals surface area contributed by atoms with E-state index >= 15 is 0 Å².